The zero-order valence-corrected chi connectivity index (χ0v) is 15.6. The van der Waals surface area contributed by atoms with E-state index >= 15 is 0 Å². The Kier molecular flexibility index (Phi) is 7.15. The zero-order chi connectivity index (χ0) is 19.2. The molecule has 2 atom stereocenters. The summed E-state index contributed by atoms with van der Waals surface area (Å²) in [5.74, 6) is -1.66. The van der Waals surface area contributed by atoms with Crippen LogP contribution in [0.15, 0.2) is 24.3 Å². The van der Waals surface area contributed by atoms with E-state index in [1.54, 1.807) is 31.2 Å². The van der Waals surface area contributed by atoms with Crippen LogP contribution >= 0.6 is 0 Å². The Morgan fingerprint density at radius 1 is 1.12 bits per heavy atom. The van der Waals surface area contributed by atoms with Crippen molar-refractivity contribution in [2.24, 2.45) is 11.3 Å². The van der Waals surface area contributed by atoms with Crippen molar-refractivity contribution in [3.8, 4) is 0 Å². The molecular formula is C19H28N2O4. The Balaban J connectivity index is 2.70. The third-order valence-corrected chi connectivity index (χ3v) is 4.12. The molecular weight excluding hydrogens is 320 g/mol. The topological polar surface area (TPSA) is 95.5 Å². The first kappa shape index (κ1) is 20.7. The Labute approximate surface area is 149 Å². The van der Waals surface area contributed by atoms with Crippen LogP contribution in [0, 0.1) is 11.3 Å². The number of amides is 2. The lowest BCUT2D eigenvalue weighted by atomic mass is 9.95. The van der Waals surface area contributed by atoms with Gasteiger partial charge in [0.25, 0.3) is 5.91 Å². The quantitative estimate of drug-likeness (QED) is 0.706. The Bertz CT molecular complexity index is 617. The predicted octanol–water partition coefficient (Wildman–Crippen LogP) is 2.58. The van der Waals surface area contributed by atoms with Gasteiger partial charge in [-0.05, 0) is 23.6 Å². The fourth-order valence-electron chi connectivity index (χ4n) is 2.13. The number of carboxylic acid groups (broad SMARTS) is 1. The molecule has 1 aromatic carbocycles. The van der Waals surface area contributed by atoms with Crippen molar-refractivity contribution in [3.05, 3.63) is 35.4 Å². The van der Waals surface area contributed by atoms with Crippen molar-refractivity contribution in [2.45, 2.75) is 53.6 Å². The lowest BCUT2D eigenvalue weighted by molar-refractivity contribution is -0.140. The molecule has 0 saturated carbocycles. The highest BCUT2D eigenvalue weighted by Crippen LogP contribution is 2.13. The highest BCUT2D eigenvalue weighted by atomic mass is 16.4. The lowest BCUT2D eigenvalue weighted by Crippen LogP contribution is -2.45. The summed E-state index contributed by atoms with van der Waals surface area (Å²) in [5.41, 5.74) is 0.799. The van der Waals surface area contributed by atoms with Gasteiger partial charge in [0.2, 0.25) is 5.91 Å². The maximum atomic E-state index is 12.2. The molecule has 6 nitrogen and oxygen atoms in total. The second-order valence-electron chi connectivity index (χ2n) is 7.30. The lowest BCUT2D eigenvalue weighted by Gasteiger charge is -2.20. The largest absolute Gasteiger partial charge is 0.480 e. The van der Waals surface area contributed by atoms with E-state index in [1.807, 2.05) is 27.7 Å². The maximum Gasteiger partial charge on any atom is 0.326 e. The van der Waals surface area contributed by atoms with Crippen molar-refractivity contribution in [3.63, 3.8) is 0 Å². The molecule has 0 saturated heterocycles. The molecule has 25 heavy (non-hydrogen) atoms. The number of hydrogen-bond donors (Lipinski definition) is 3. The minimum atomic E-state index is -1.04. The van der Waals surface area contributed by atoms with Crippen LogP contribution in [0.25, 0.3) is 0 Å². The maximum absolute atomic E-state index is 12.2. The molecule has 0 aliphatic heterocycles. The van der Waals surface area contributed by atoms with Gasteiger partial charge in [0.15, 0.2) is 0 Å². The molecule has 138 valence electrons. The van der Waals surface area contributed by atoms with Crippen LogP contribution in [0.2, 0.25) is 0 Å². The summed E-state index contributed by atoms with van der Waals surface area (Å²) in [6.45, 7) is 9.57. The van der Waals surface area contributed by atoms with Crippen LogP contribution in [0.4, 0.5) is 0 Å². The Morgan fingerprint density at radius 3 is 2.12 bits per heavy atom. The van der Waals surface area contributed by atoms with Crippen LogP contribution < -0.4 is 10.6 Å². The van der Waals surface area contributed by atoms with Gasteiger partial charge in [-0.25, -0.2) is 4.79 Å². The molecule has 2 amide bonds. The summed E-state index contributed by atoms with van der Waals surface area (Å²) >= 11 is 0. The molecule has 0 radical (unpaired) electrons. The summed E-state index contributed by atoms with van der Waals surface area (Å²) < 4.78 is 0. The van der Waals surface area contributed by atoms with E-state index in [1.165, 1.54) is 0 Å². The van der Waals surface area contributed by atoms with E-state index in [2.05, 4.69) is 10.6 Å². The van der Waals surface area contributed by atoms with Crippen molar-refractivity contribution >= 4 is 17.8 Å². The third-order valence-electron chi connectivity index (χ3n) is 4.12. The van der Waals surface area contributed by atoms with Gasteiger partial charge in [0.1, 0.15) is 6.04 Å². The van der Waals surface area contributed by atoms with Crippen LogP contribution in [0.5, 0.6) is 0 Å². The average Bonchev–Trinajstić information content (AvgIpc) is 2.55. The van der Waals surface area contributed by atoms with Crippen LogP contribution in [-0.2, 0) is 16.1 Å². The van der Waals surface area contributed by atoms with Gasteiger partial charge in [0.05, 0.1) is 0 Å². The number of rotatable bonds is 7. The molecule has 0 aliphatic carbocycles. The van der Waals surface area contributed by atoms with E-state index in [9.17, 15) is 19.5 Å². The number of carboxylic acids is 1. The fourth-order valence-corrected chi connectivity index (χ4v) is 2.13. The van der Waals surface area contributed by atoms with Gasteiger partial charge in [-0.15, -0.1) is 0 Å². The van der Waals surface area contributed by atoms with Crippen molar-refractivity contribution in [1.82, 2.24) is 10.6 Å². The van der Waals surface area contributed by atoms with E-state index in [0.29, 0.717) is 18.5 Å². The summed E-state index contributed by atoms with van der Waals surface area (Å²) in [7, 11) is 0. The summed E-state index contributed by atoms with van der Waals surface area (Å²) in [5, 5.41) is 14.7. The third kappa shape index (κ3) is 6.21. The number of carbonyl (C=O) groups is 3. The predicted molar refractivity (Wildman–Crippen MR) is 96.1 cm³/mol. The Morgan fingerprint density at radius 2 is 1.68 bits per heavy atom. The number of benzene rings is 1. The van der Waals surface area contributed by atoms with E-state index < -0.39 is 23.3 Å². The molecule has 0 unspecified atom stereocenters. The second-order valence-corrected chi connectivity index (χ2v) is 7.30. The van der Waals surface area contributed by atoms with Gasteiger partial charge in [-0.1, -0.05) is 53.2 Å². The highest BCUT2D eigenvalue weighted by Gasteiger charge is 2.25. The van der Waals surface area contributed by atoms with Gasteiger partial charge in [-0.3, -0.25) is 9.59 Å². The molecule has 0 aromatic heterocycles. The molecule has 0 bridgehead atoms. The van der Waals surface area contributed by atoms with E-state index in [0.717, 1.165) is 5.56 Å². The number of aliphatic carboxylic acids is 1. The highest BCUT2D eigenvalue weighted by molar-refractivity contribution is 5.96. The van der Waals surface area contributed by atoms with E-state index in [-0.39, 0.29) is 11.8 Å². The number of carbonyl (C=O) groups excluding carboxylic acids is 2. The molecule has 6 heteroatoms. The zero-order valence-electron chi connectivity index (χ0n) is 15.6. The average molecular weight is 348 g/mol. The first-order chi connectivity index (χ1) is 11.6. The smallest absolute Gasteiger partial charge is 0.326 e. The summed E-state index contributed by atoms with van der Waals surface area (Å²) in [4.78, 5) is 35.4. The molecule has 1 rings (SSSR count). The molecule has 0 aliphatic rings. The second kappa shape index (κ2) is 8.65. The molecule has 1 aromatic rings. The van der Waals surface area contributed by atoms with Crippen LogP contribution in [-0.4, -0.2) is 28.9 Å². The van der Waals surface area contributed by atoms with Crippen LogP contribution in [0.3, 0.4) is 0 Å². The summed E-state index contributed by atoms with van der Waals surface area (Å²) in [6, 6.07) is 5.84. The SMILES string of the molecule is CC[C@H](C)[C@H](NC(=O)c1ccc(CNC(=O)C(C)(C)C)cc1)C(=O)O. The monoisotopic (exact) mass is 348 g/mol. The van der Waals surface area contributed by atoms with Crippen molar-refractivity contribution in [2.75, 3.05) is 0 Å². The minimum absolute atomic E-state index is 0.0489. The first-order valence-corrected chi connectivity index (χ1v) is 8.47. The van der Waals surface area contributed by atoms with Crippen molar-refractivity contribution < 1.29 is 19.5 Å². The van der Waals surface area contributed by atoms with Gasteiger partial charge >= 0.3 is 5.97 Å². The normalized spacial score (nSPS) is 13.6. The number of nitrogens with one attached hydrogen (secondary N) is 2. The van der Waals surface area contributed by atoms with Crippen molar-refractivity contribution in [1.29, 1.82) is 0 Å². The first-order valence-electron chi connectivity index (χ1n) is 8.47. The number of hydrogen-bond acceptors (Lipinski definition) is 3. The minimum Gasteiger partial charge on any atom is -0.480 e. The van der Waals surface area contributed by atoms with Gasteiger partial charge in [-0.2, -0.15) is 0 Å². The molecule has 3 N–H and O–H groups in total. The fraction of sp³-hybridized carbons (Fsp3) is 0.526. The standard InChI is InChI=1S/C19H28N2O4/c1-6-12(2)15(17(23)24)21-16(22)14-9-7-13(8-10-14)11-20-18(25)19(3,4)5/h7-10,12,15H,6,11H2,1-5H3,(H,20,25)(H,21,22)(H,23,24)/t12-,15-/m0/s1. The van der Waals surface area contributed by atoms with Gasteiger partial charge < -0.3 is 15.7 Å². The summed E-state index contributed by atoms with van der Waals surface area (Å²) in [6.07, 6.45) is 0.656. The molecule has 0 spiro atoms. The van der Waals surface area contributed by atoms with E-state index in [4.69, 9.17) is 0 Å². The van der Waals surface area contributed by atoms with Gasteiger partial charge in [0, 0.05) is 17.5 Å². The Hall–Kier alpha value is -2.37. The van der Waals surface area contributed by atoms with Crippen LogP contribution in [0.1, 0.15) is 57.0 Å². The molecule has 0 fully saturated rings. The molecule has 0 heterocycles.